The summed E-state index contributed by atoms with van der Waals surface area (Å²) in [6.45, 7) is 2.70. The SMILES string of the molecule is CCC(Br)CCNC(=O)c1ccccc1O. The summed E-state index contributed by atoms with van der Waals surface area (Å²) in [4.78, 5) is 12.1. The Bertz CT molecular complexity index is 355. The molecular formula is C12H16BrNO2. The van der Waals surface area contributed by atoms with E-state index in [0.29, 0.717) is 16.9 Å². The monoisotopic (exact) mass is 285 g/mol. The summed E-state index contributed by atoms with van der Waals surface area (Å²) >= 11 is 3.50. The van der Waals surface area contributed by atoms with Crippen molar-refractivity contribution in [3.8, 4) is 5.75 Å². The van der Waals surface area contributed by atoms with Crippen LogP contribution in [0.2, 0.25) is 0 Å². The third-order valence-corrected chi connectivity index (χ3v) is 3.44. The zero-order valence-electron chi connectivity index (χ0n) is 9.24. The molecule has 3 nitrogen and oxygen atoms in total. The molecule has 1 aromatic carbocycles. The van der Waals surface area contributed by atoms with Crippen LogP contribution in [0.5, 0.6) is 5.75 Å². The number of hydrogen-bond donors (Lipinski definition) is 2. The summed E-state index contributed by atoms with van der Waals surface area (Å²) in [6, 6.07) is 6.54. The fraction of sp³-hybridized carbons (Fsp3) is 0.417. The zero-order valence-corrected chi connectivity index (χ0v) is 10.8. The van der Waals surface area contributed by atoms with Gasteiger partial charge in [0.05, 0.1) is 5.56 Å². The second kappa shape index (κ2) is 6.53. The van der Waals surface area contributed by atoms with Crippen LogP contribution in [0.3, 0.4) is 0 Å². The van der Waals surface area contributed by atoms with Crippen LogP contribution in [0.15, 0.2) is 24.3 Å². The average molecular weight is 286 g/mol. The molecule has 0 bridgehead atoms. The molecule has 0 spiro atoms. The largest absolute Gasteiger partial charge is 0.507 e. The average Bonchev–Trinajstić information content (AvgIpc) is 2.29. The predicted molar refractivity (Wildman–Crippen MR) is 68.1 cm³/mol. The van der Waals surface area contributed by atoms with Crippen molar-refractivity contribution >= 4 is 21.8 Å². The molecule has 2 N–H and O–H groups in total. The van der Waals surface area contributed by atoms with Crippen molar-refractivity contribution in [2.45, 2.75) is 24.6 Å². The first-order chi connectivity index (χ1) is 7.65. The Kier molecular flexibility index (Phi) is 5.32. The molecule has 1 amide bonds. The van der Waals surface area contributed by atoms with E-state index < -0.39 is 0 Å². The lowest BCUT2D eigenvalue weighted by Gasteiger charge is -2.08. The molecule has 0 aromatic heterocycles. The summed E-state index contributed by atoms with van der Waals surface area (Å²) in [5.74, 6) is -0.209. The van der Waals surface area contributed by atoms with Gasteiger partial charge in [0.2, 0.25) is 0 Å². The minimum Gasteiger partial charge on any atom is -0.507 e. The molecule has 16 heavy (non-hydrogen) atoms. The first-order valence-electron chi connectivity index (χ1n) is 5.35. The third-order valence-electron chi connectivity index (χ3n) is 2.33. The maximum absolute atomic E-state index is 11.6. The number of amides is 1. The van der Waals surface area contributed by atoms with Crippen molar-refractivity contribution in [1.82, 2.24) is 5.32 Å². The Morgan fingerprint density at radius 1 is 1.50 bits per heavy atom. The summed E-state index contributed by atoms with van der Waals surface area (Å²) in [5, 5.41) is 12.2. The molecule has 0 radical (unpaired) electrons. The smallest absolute Gasteiger partial charge is 0.255 e. The van der Waals surface area contributed by atoms with Crippen LogP contribution in [0.1, 0.15) is 30.1 Å². The molecule has 0 heterocycles. The maximum atomic E-state index is 11.6. The lowest BCUT2D eigenvalue weighted by Crippen LogP contribution is -2.26. The lowest BCUT2D eigenvalue weighted by atomic mass is 10.2. The zero-order chi connectivity index (χ0) is 12.0. The molecule has 1 unspecified atom stereocenters. The van der Waals surface area contributed by atoms with E-state index in [0.717, 1.165) is 12.8 Å². The summed E-state index contributed by atoms with van der Waals surface area (Å²) in [5.41, 5.74) is 0.324. The summed E-state index contributed by atoms with van der Waals surface area (Å²) in [6.07, 6.45) is 1.92. The molecule has 0 saturated heterocycles. The highest BCUT2D eigenvalue weighted by molar-refractivity contribution is 9.09. The fourth-order valence-electron chi connectivity index (χ4n) is 1.31. The van der Waals surface area contributed by atoms with Crippen molar-refractivity contribution in [3.63, 3.8) is 0 Å². The van der Waals surface area contributed by atoms with E-state index >= 15 is 0 Å². The molecule has 0 aliphatic heterocycles. The van der Waals surface area contributed by atoms with Crippen molar-refractivity contribution < 1.29 is 9.90 Å². The Balaban J connectivity index is 2.44. The molecule has 1 aromatic rings. The number of carbonyl (C=O) groups is 1. The van der Waals surface area contributed by atoms with Gasteiger partial charge in [-0.2, -0.15) is 0 Å². The van der Waals surface area contributed by atoms with Crippen molar-refractivity contribution in [2.75, 3.05) is 6.54 Å². The highest BCUT2D eigenvalue weighted by Gasteiger charge is 2.09. The predicted octanol–water partition coefficient (Wildman–Crippen LogP) is 2.69. The normalized spacial score (nSPS) is 12.1. The van der Waals surface area contributed by atoms with Crippen LogP contribution >= 0.6 is 15.9 Å². The highest BCUT2D eigenvalue weighted by Crippen LogP contribution is 2.15. The number of benzene rings is 1. The number of nitrogens with one attached hydrogen (secondary N) is 1. The van der Waals surface area contributed by atoms with E-state index in [1.54, 1.807) is 18.2 Å². The number of phenolic OH excluding ortho intramolecular Hbond substituents is 1. The minimum atomic E-state index is -0.228. The van der Waals surface area contributed by atoms with Gasteiger partial charge in [-0.05, 0) is 25.0 Å². The van der Waals surface area contributed by atoms with Gasteiger partial charge in [-0.3, -0.25) is 4.79 Å². The Morgan fingerprint density at radius 3 is 2.81 bits per heavy atom. The van der Waals surface area contributed by atoms with E-state index in [9.17, 15) is 9.90 Å². The fourth-order valence-corrected chi connectivity index (χ4v) is 1.54. The molecule has 1 rings (SSSR count). The number of rotatable bonds is 5. The van der Waals surface area contributed by atoms with Crippen molar-refractivity contribution in [2.24, 2.45) is 0 Å². The number of halogens is 1. The number of aromatic hydroxyl groups is 1. The lowest BCUT2D eigenvalue weighted by molar-refractivity contribution is 0.0950. The molecule has 0 saturated carbocycles. The van der Waals surface area contributed by atoms with Crippen molar-refractivity contribution in [3.05, 3.63) is 29.8 Å². The van der Waals surface area contributed by atoms with Gasteiger partial charge in [-0.15, -0.1) is 0 Å². The van der Waals surface area contributed by atoms with Gasteiger partial charge >= 0.3 is 0 Å². The first kappa shape index (κ1) is 13.0. The van der Waals surface area contributed by atoms with E-state index in [2.05, 4.69) is 28.2 Å². The van der Waals surface area contributed by atoms with Gasteiger partial charge in [0.25, 0.3) is 5.91 Å². The Hall–Kier alpha value is -1.03. The molecule has 88 valence electrons. The van der Waals surface area contributed by atoms with Crippen LogP contribution in [0.4, 0.5) is 0 Å². The number of carbonyl (C=O) groups excluding carboxylic acids is 1. The van der Waals surface area contributed by atoms with Crippen LogP contribution < -0.4 is 5.32 Å². The van der Waals surface area contributed by atoms with Gasteiger partial charge in [0.15, 0.2) is 0 Å². The van der Waals surface area contributed by atoms with Gasteiger partial charge in [-0.25, -0.2) is 0 Å². The van der Waals surface area contributed by atoms with Gasteiger partial charge < -0.3 is 10.4 Å². The second-order valence-electron chi connectivity index (χ2n) is 3.57. The standard InChI is InChI=1S/C12H16BrNO2/c1-2-9(13)7-8-14-12(16)10-5-3-4-6-11(10)15/h3-6,9,15H,2,7-8H2,1H3,(H,14,16). The molecule has 0 aliphatic carbocycles. The van der Waals surface area contributed by atoms with Crippen LogP contribution in [0, 0.1) is 0 Å². The minimum absolute atomic E-state index is 0.0193. The van der Waals surface area contributed by atoms with Gasteiger partial charge in [0, 0.05) is 11.4 Å². The quantitative estimate of drug-likeness (QED) is 0.818. The van der Waals surface area contributed by atoms with E-state index in [1.165, 1.54) is 6.07 Å². The second-order valence-corrected chi connectivity index (χ2v) is 4.86. The Morgan fingerprint density at radius 2 is 2.19 bits per heavy atom. The summed E-state index contributed by atoms with van der Waals surface area (Å²) in [7, 11) is 0. The molecule has 4 heteroatoms. The molecule has 1 atom stereocenters. The summed E-state index contributed by atoms with van der Waals surface area (Å²) < 4.78 is 0. The maximum Gasteiger partial charge on any atom is 0.255 e. The third kappa shape index (κ3) is 3.85. The number of para-hydroxylation sites is 1. The van der Waals surface area contributed by atoms with Gasteiger partial charge in [0.1, 0.15) is 5.75 Å². The number of hydrogen-bond acceptors (Lipinski definition) is 2. The van der Waals surface area contributed by atoms with Crippen LogP contribution in [0.25, 0.3) is 0 Å². The number of alkyl halides is 1. The van der Waals surface area contributed by atoms with Crippen LogP contribution in [-0.2, 0) is 0 Å². The first-order valence-corrected chi connectivity index (χ1v) is 6.27. The molecular weight excluding hydrogens is 270 g/mol. The van der Waals surface area contributed by atoms with Gasteiger partial charge in [-0.1, -0.05) is 35.0 Å². The highest BCUT2D eigenvalue weighted by atomic mass is 79.9. The van der Waals surface area contributed by atoms with Crippen molar-refractivity contribution in [1.29, 1.82) is 0 Å². The van der Waals surface area contributed by atoms with E-state index in [1.807, 2.05) is 0 Å². The Labute approximate surface area is 104 Å². The molecule has 0 aliphatic rings. The molecule has 0 fully saturated rings. The van der Waals surface area contributed by atoms with Crippen LogP contribution in [-0.4, -0.2) is 22.4 Å². The topological polar surface area (TPSA) is 49.3 Å². The van der Waals surface area contributed by atoms with E-state index in [-0.39, 0.29) is 11.7 Å². The number of phenols is 1. The van der Waals surface area contributed by atoms with E-state index in [4.69, 9.17) is 0 Å².